The monoisotopic (exact) mass is 174 g/mol. The van der Waals surface area contributed by atoms with Gasteiger partial charge in [0.05, 0.1) is 11.9 Å². The Kier molecular flexibility index (Phi) is 1.81. The molecule has 0 aliphatic rings. The quantitative estimate of drug-likeness (QED) is 0.652. The van der Waals surface area contributed by atoms with E-state index in [1.165, 1.54) is 0 Å². The van der Waals surface area contributed by atoms with Gasteiger partial charge in [0, 0.05) is 25.0 Å². The van der Waals surface area contributed by atoms with Crippen molar-refractivity contribution in [3.63, 3.8) is 0 Å². The van der Waals surface area contributed by atoms with E-state index >= 15 is 0 Å². The van der Waals surface area contributed by atoms with Crippen LogP contribution < -0.4 is 0 Å². The zero-order chi connectivity index (χ0) is 9.26. The summed E-state index contributed by atoms with van der Waals surface area (Å²) in [5.74, 6) is 0. The molecular formula is C9H10N4. The largest absolute Gasteiger partial charge is 0.275 e. The standard InChI is InChI=1S/C9H10N4/c1-7-3-4-10-12-9(7)8-5-11-13(2)6-8/h3-6H,1-2H3. The van der Waals surface area contributed by atoms with Crippen LogP contribution in [0.4, 0.5) is 0 Å². The van der Waals surface area contributed by atoms with Crippen LogP contribution in [0, 0.1) is 6.92 Å². The molecule has 2 aromatic heterocycles. The first kappa shape index (κ1) is 7.91. The molecule has 0 N–H and O–H groups in total. The lowest BCUT2D eigenvalue weighted by Gasteiger charge is -1.97. The van der Waals surface area contributed by atoms with Crippen LogP contribution in [0.1, 0.15) is 5.56 Å². The van der Waals surface area contributed by atoms with Crippen molar-refractivity contribution in [2.75, 3.05) is 0 Å². The Morgan fingerprint density at radius 1 is 1.38 bits per heavy atom. The minimum atomic E-state index is 0.899. The van der Waals surface area contributed by atoms with Gasteiger partial charge in [-0.25, -0.2) is 0 Å². The molecule has 4 heteroatoms. The van der Waals surface area contributed by atoms with Crippen LogP contribution in [0.15, 0.2) is 24.7 Å². The van der Waals surface area contributed by atoms with Gasteiger partial charge >= 0.3 is 0 Å². The average Bonchev–Trinajstić information content (AvgIpc) is 2.53. The van der Waals surface area contributed by atoms with E-state index in [9.17, 15) is 0 Å². The highest BCUT2D eigenvalue weighted by atomic mass is 15.2. The van der Waals surface area contributed by atoms with Gasteiger partial charge in [0.15, 0.2) is 0 Å². The van der Waals surface area contributed by atoms with Crippen LogP contribution in [0.2, 0.25) is 0 Å². The van der Waals surface area contributed by atoms with Crippen LogP contribution >= 0.6 is 0 Å². The lowest BCUT2D eigenvalue weighted by Crippen LogP contribution is -1.89. The zero-order valence-corrected chi connectivity index (χ0v) is 7.60. The number of hydrogen-bond acceptors (Lipinski definition) is 3. The second-order valence-electron chi connectivity index (χ2n) is 2.97. The predicted molar refractivity (Wildman–Crippen MR) is 49.0 cm³/mol. The molecule has 0 atom stereocenters. The molecule has 2 rings (SSSR count). The molecule has 0 bridgehead atoms. The molecule has 0 unspecified atom stereocenters. The van der Waals surface area contributed by atoms with Crippen molar-refractivity contribution in [3.05, 3.63) is 30.2 Å². The molecule has 0 amide bonds. The Morgan fingerprint density at radius 2 is 2.23 bits per heavy atom. The SMILES string of the molecule is Cc1ccnnc1-c1cnn(C)c1. The first-order valence-electron chi connectivity index (χ1n) is 4.04. The van der Waals surface area contributed by atoms with Gasteiger partial charge in [-0.3, -0.25) is 4.68 Å². The molecular weight excluding hydrogens is 164 g/mol. The number of hydrogen-bond donors (Lipinski definition) is 0. The summed E-state index contributed by atoms with van der Waals surface area (Å²) in [6.45, 7) is 2.01. The number of rotatable bonds is 1. The molecule has 2 aromatic rings. The van der Waals surface area contributed by atoms with Crippen molar-refractivity contribution in [1.29, 1.82) is 0 Å². The Bertz CT molecular complexity index is 419. The van der Waals surface area contributed by atoms with E-state index in [1.807, 2.05) is 26.2 Å². The van der Waals surface area contributed by atoms with E-state index in [0.29, 0.717) is 0 Å². The summed E-state index contributed by atoms with van der Waals surface area (Å²) >= 11 is 0. The fraction of sp³-hybridized carbons (Fsp3) is 0.222. The summed E-state index contributed by atoms with van der Waals surface area (Å²) < 4.78 is 1.75. The molecule has 0 saturated carbocycles. The van der Waals surface area contributed by atoms with Crippen LogP contribution in [-0.2, 0) is 7.05 Å². The summed E-state index contributed by atoms with van der Waals surface area (Å²) in [5.41, 5.74) is 3.02. The van der Waals surface area contributed by atoms with E-state index in [2.05, 4.69) is 15.3 Å². The molecule has 0 aromatic carbocycles. The lowest BCUT2D eigenvalue weighted by atomic mass is 10.1. The number of aromatic nitrogens is 4. The second kappa shape index (κ2) is 2.97. The topological polar surface area (TPSA) is 43.6 Å². The molecule has 0 spiro atoms. The third kappa shape index (κ3) is 1.42. The molecule has 13 heavy (non-hydrogen) atoms. The predicted octanol–water partition coefficient (Wildman–Crippen LogP) is 1.19. The summed E-state index contributed by atoms with van der Waals surface area (Å²) in [6, 6.07) is 1.94. The lowest BCUT2D eigenvalue weighted by molar-refractivity contribution is 0.768. The van der Waals surface area contributed by atoms with Crippen molar-refractivity contribution in [2.24, 2.45) is 7.05 Å². The van der Waals surface area contributed by atoms with Gasteiger partial charge in [-0.2, -0.15) is 15.3 Å². The van der Waals surface area contributed by atoms with Gasteiger partial charge in [0.25, 0.3) is 0 Å². The summed E-state index contributed by atoms with van der Waals surface area (Å²) in [5, 5.41) is 12.0. The molecule has 2 heterocycles. The molecule has 4 nitrogen and oxygen atoms in total. The van der Waals surface area contributed by atoms with E-state index in [0.717, 1.165) is 16.8 Å². The molecule has 0 aliphatic carbocycles. The molecule has 0 saturated heterocycles. The Morgan fingerprint density at radius 3 is 2.85 bits per heavy atom. The fourth-order valence-electron chi connectivity index (χ4n) is 1.22. The molecule has 0 fully saturated rings. The average molecular weight is 174 g/mol. The van der Waals surface area contributed by atoms with Crippen LogP contribution in [0.25, 0.3) is 11.3 Å². The van der Waals surface area contributed by atoms with Gasteiger partial charge < -0.3 is 0 Å². The number of aryl methyl sites for hydroxylation is 2. The molecule has 66 valence electrons. The van der Waals surface area contributed by atoms with Gasteiger partial charge in [-0.1, -0.05) is 0 Å². The van der Waals surface area contributed by atoms with E-state index in [-0.39, 0.29) is 0 Å². The maximum atomic E-state index is 4.08. The van der Waals surface area contributed by atoms with Crippen molar-refractivity contribution in [3.8, 4) is 11.3 Å². The van der Waals surface area contributed by atoms with Gasteiger partial charge in [0.1, 0.15) is 0 Å². The van der Waals surface area contributed by atoms with E-state index in [4.69, 9.17) is 0 Å². The highest BCUT2D eigenvalue weighted by Crippen LogP contribution is 2.17. The third-order valence-electron chi connectivity index (χ3n) is 1.90. The maximum absolute atomic E-state index is 4.08. The second-order valence-corrected chi connectivity index (χ2v) is 2.97. The smallest absolute Gasteiger partial charge is 0.0990 e. The van der Waals surface area contributed by atoms with Crippen LogP contribution in [0.5, 0.6) is 0 Å². The minimum Gasteiger partial charge on any atom is -0.275 e. The van der Waals surface area contributed by atoms with Gasteiger partial charge in [-0.05, 0) is 18.6 Å². The fourth-order valence-corrected chi connectivity index (χ4v) is 1.22. The zero-order valence-electron chi connectivity index (χ0n) is 7.60. The van der Waals surface area contributed by atoms with Crippen LogP contribution in [-0.4, -0.2) is 20.0 Å². The normalized spacial score (nSPS) is 10.3. The Balaban J connectivity index is 2.52. The summed E-state index contributed by atoms with van der Waals surface area (Å²) in [6.07, 6.45) is 5.41. The Hall–Kier alpha value is -1.71. The molecule has 0 radical (unpaired) electrons. The van der Waals surface area contributed by atoms with Crippen LogP contribution in [0.3, 0.4) is 0 Å². The number of nitrogens with zero attached hydrogens (tertiary/aromatic N) is 4. The van der Waals surface area contributed by atoms with Crippen molar-refractivity contribution >= 4 is 0 Å². The first-order valence-corrected chi connectivity index (χ1v) is 4.04. The minimum absolute atomic E-state index is 0.899. The van der Waals surface area contributed by atoms with E-state index < -0.39 is 0 Å². The third-order valence-corrected chi connectivity index (χ3v) is 1.90. The summed E-state index contributed by atoms with van der Waals surface area (Å²) in [4.78, 5) is 0. The maximum Gasteiger partial charge on any atom is 0.0990 e. The first-order chi connectivity index (χ1) is 6.27. The van der Waals surface area contributed by atoms with Crippen molar-refractivity contribution < 1.29 is 0 Å². The van der Waals surface area contributed by atoms with E-state index in [1.54, 1.807) is 17.1 Å². The van der Waals surface area contributed by atoms with Crippen molar-refractivity contribution in [2.45, 2.75) is 6.92 Å². The highest BCUT2D eigenvalue weighted by Gasteiger charge is 2.04. The van der Waals surface area contributed by atoms with Crippen molar-refractivity contribution in [1.82, 2.24) is 20.0 Å². The Labute approximate surface area is 76.2 Å². The van der Waals surface area contributed by atoms with Gasteiger partial charge in [-0.15, -0.1) is 0 Å². The summed E-state index contributed by atoms with van der Waals surface area (Å²) in [7, 11) is 1.88. The molecule has 0 aliphatic heterocycles. The van der Waals surface area contributed by atoms with Gasteiger partial charge in [0.2, 0.25) is 0 Å². The highest BCUT2D eigenvalue weighted by molar-refractivity contribution is 5.59.